The zero-order chi connectivity index (χ0) is 26.8. The molecule has 1 aromatic carbocycles. The van der Waals surface area contributed by atoms with E-state index in [2.05, 4.69) is 89.6 Å². The highest BCUT2D eigenvalue weighted by Gasteiger charge is 2.64. The number of fused-ring (bicyclic) bond motifs is 5. The van der Waals surface area contributed by atoms with Crippen molar-refractivity contribution >= 4 is 11.5 Å². The summed E-state index contributed by atoms with van der Waals surface area (Å²) in [7, 11) is 2.16. The summed E-state index contributed by atoms with van der Waals surface area (Å²) in [6.07, 6.45) is 8.65. The Hall–Kier alpha value is -2.05. The van der Waals surface area contributed by atoms with Gasteiger partial charge in [0.2, 0.25) is 0 Å². The lowest BCUT2D eigenvalue weighted by atomic mass is 9.46. The topological polar surface area (TPSA) is 40.5 Å². The van der Waals surface area contributed by atoms with Crippen LogP contribution in [0.2, 0.25) is 0 Å². The van der Waals surface area contributed by atoms with Crippen molar-refractivity contribution in [3.63, 3.8) is 0 Å². The fourth-order valence-electron chi connectivity index (χ4n) is 8.40. The van der Waals surface area contributed by atoms with E-state index >= 15 is 0 Å². The van der Waals surface area contributed by atoms with Gasteiger partial charge >= 0.3 is 0 Å². The number of benzene rings is 1. The first-order valence-electron chi connectivity index (χ1n) is 14.7. The van der Waals surface area contributed by atoms with Gasteiger partial charge in [0.1, 0.15) is 5.60 Å². The molecule has 0 saturated heterocycles. The summed E-state index contributed by atoms with van der Waals surface area (Å²) in [4.78, 5) is 14.6. The smallest absolute Gasteiger partial charge is 0.155 e. The molecule has 0 amide bonds. The number of hydrogen-bond donors (Lipinski definition) is 1. The second-order valence-electron chi connectivity index (χ2n) is 14.1. The predicted octanol–water partition coefficient (Wildman–Crippen LogP) is 7.15. The molecule has 1 aromatic rings. The third-order valence-electron chi connectivity index (χ3n) is 10.6. The van der Waals surface area contributed by atoms with Crippen LogP contribution in [-0.2, 0) is 4.79 Å². The van der Waals surface area contributed by atoms with Gasteiger partial charge in [-0.2, -0.15) is 0 Å². The molecule has 0 unspecified atom stereocenters. The normalized spacial score (nSPS) is 37.2. The number of aliphatic hydroxyl groups is 1. The van der Waals surface area contributed by atoms with E-state index in [4.69, 9.17) is 0 Å². The maximum atomic E-state index is 12.3. The van der Waals surface area contributed by atoms with Crippen LogP contribution in [0.15, 0.2) is 35.9 Å². The van der Waals surface area contributed by atoms with E-state index < -0.39 is 5.60 Å². The first-order valence-corrected chi connectivity index (χ1v) is 14.7. The maximum Gasteiger partial charge on any atom is 0.155 e. The Morgan fingerprint density at radius 3 is 2.41 bits per heavy atom. The minimum absolute atomic E-state index is 0.127. The monoisotopic (exact) mass is 501 g/mol. The van der Waals surface area contributed by atoms with E-state index in [1.807, 2.05) is 6.08 Å². The number of allylic oxidation sites excluding steroid dienone is 1. The number of anilines is 1. The fraction of sp³-hybridized carbons (Fsp3) is 0.676. The Morgan fingerprint density at radius 1 is 1.05 bits per heavy atom. The maximum absolute atomic E-state index is 12.3. The largest absolute Gasteiger partial charge is 0.377 e. The van der Waals surface area contributed by atoms with Gasteiger partial charge in [0.15, 0.2) is 5.78 Å². The molecule has 0 aliphatic heterocycles. The number of carbonyl (C=O) groups excluding carboxylic acids is 1. The quantitative estimate of drug-likeness (QED) is 0.447. The van der Waals surface area contributed by atoms with Gasteiger partial charge in [-0.05, 0) is 127 Å². The van der Waals surface area contributed by atoms with Crippen LogP contribution in [0, 0.1) is 46.3 Å². The van der Waals surface area contributed by atoms with Gasteiger partial charge in [0.05, 0.1) is 0 Å². The molecule has 3 saturated carbocycles. The molecule has 0 bridgehead atoms. The Morgan fingerprint density at radius 2 is 1.76 bits per heavy atom. The second kappa shape index (κ2) is 9.30. The molecular weight excluding hydrogens is 454 g/mol. The molecule has 0 spiro atoms. The van der Waals surface area contributed by atoms with E-state index in [-0.39, 0.29) is 10.8 Å². The van der Waals surface area contributed by atoms with Crippen molar-refractivity contribution < 1.29 is 9.90 Å². The number of nitrogens with zero attached hydrogens (tertiary/aromatic N) is 1. The molecule has 3 heteroatoms. The van der Waals surface area contributed by atoms with Crippen LogP contribution in [0.3, 0.4) is 0 Å². The van der Waals surface area contributed by atoms with Crippen molar-refractivity contribution in [1.82, 2.24) is 0 Å². The van der Waals surface area contributed by atoms with Crippen molar-refractivity contribution in [3.05, 3.63) is 41.5 Å². The summed E-state index contributed by atoms with van der Waals surface area (Å²) < 4.78 is 0. The van der Waals surface area contributed by atoms with E-state index in [1.165, 1.54) is 16.8 Å². The Kier molecular flexibility index (Phi) is 6.68. The molecular formula is C34H47NO2. The standard InChI is InChI=1S/C34H47NO2/c1-22(2)35(7)25-11-8-23(9-12-25)29-21-33(6)30(16-17-34(33,37)19-18-32(3,4)5)28-14-10-24-20-26(36)13-15-27(24)31(28)29/h8-9,11-12,20,22,27-31,37H,10,13-17,21H2,1-7H3/t27-,28-,29+,30-,31+,33-,34+/m1/s1. The predicted molar refractivity (Wildman–Crippen MR) is 152 cm³/mol. The van der Waals surface area contributed by atoms with Crippen LogP contribution < -0.4 is 4.90 Å². The highest BCUT2D eigenvalue weighted by atomic mass is 16.3. The molecule has 5 rings (SSSR count). The van der Waals surface area contributed by atoms with Gasteiger partial charge in [-0.25, -0.2) is 0 Å². The summed E-state index contributed by atoms with van der Waals surface area (Å²) in [5, 5.41) is 12.2. The van der Waals surface area contributed by atoms with Crippen molar-refractivity contribution in [2.24, 2.45) is 34.5 Å². The lowest BCUT2D eigenvalue weighted by molar-refractivity contribution is -0.117. The summed E-state index contributed by atoms with van der Waals surface area (Å²) in [5.74, 6) is 9.64. The third kappa shape index (κ3) is 4.58. The first kappa shape index (κ1) is 26.6. The van der Waals surface area contributed by atoms with E-state index in [1.54, 1.807) is 0 Å². The van der Waals surface area contributed by atoms with Crippen LogP contribution in [0.5, 0.6) is 0 Å². The third-order valence-corrected chi connectivity index (χ3v) is 10.6. The van der Waals surface area contributed by atoms with Crippen LogP contribution in [0.25, 0.3) is 0 Å². The van der Waals surface area contributed by atoms with Crippen molar-refractivity contribution in [2.45, 2.75) is 104 Å². The Balaban J connectivity index is 1.57. The molecule has 4 aliphatic carbocycles. The number of hydrogen-bond acceptors (Lipinski definition) is 3. The first-order chi connectivity index (χ1) is 17.3. The molecule has 3 fully saturated rings. The minimum Gasteiger partial charge on any atom is -0.377 e. The molecule has 3 nitrogen and oxygen atoms in total. The van der Waals surface area contributed by atoms with Crippen LogP contribution in [0.4, 0.5) is 5.69 Å². The van der Waals surface area contributed by atoms with E-state index in [0.717, 1.165) is 38.5 Å². The summed E-state index contributed by atoms with van der Waals surface area (Å²) in [6, 6.07) is 9.71. The molecule has 200 valence electrons. The SMILES string of the molecule is CC(C)N(C)c1ccc([C@@H]2C[C@]3(C)[C@H](CC[C@]3(O)C#CC(C)(C)C)[C@H]3CCC4=CC(=O)CC[C@H]4[C@@H]32)cc1. The number of carbonyl (C=O) groups is 1. The molecule has 1 N–H and O–H groups in total. The average Bonchev–Trinajstić information content (AvgIpc) is 3.11. The molecule has 37 heavy (non-hydrogen) atoms. The molecule has 0 heterocycles. The summed E-state index contributed by atoms with van der Waals surface area (Å²) in [5.41, 5.74) is 2.75. The summed E-state index contributed by atoms with van der Waals surface area (Å²) >= 11 is 0. The lowest BCUT2D eigenvalue weighted by Crippen LogP contribution is -2.54. The van der Waals surface area contributed by atoms with Gasteiger partial charge in [0, 0.05) is 36.0 Å². The lowest BCUT2D eigenvalue weighted by Gasteiger charge is -2.58. The van der Waals surface area contributed by atoms with Gasteiger partial charge in [-0.1, -0.05) is 36.5 Å². The molecule has 7 atom stereocenters. The number of ketones is 1. The van der Waals surface area contributed by atoms with Crippen molar-refractivity contribution in [1.29, 1.82) is 0 Å². The van der Waals surface area contributed by atoms with Crippen molar-refractivity contribution in [3.8, 4) is 11.8 Å². The zero-order valence-corrected chi connectivity index (χ0v) is 24.1. The second-order valence-corrected chi connectivity index (χ2v) is 14.1. The summed E-state index contributed by atoms with van der Waals surface area (Å²) in [6.45, 7) is 13.2. The average molecular weight is 502 g/mol. The molecule has 0 radical (unpaired) electrons. The number of rotatable bonds is 3. The van der Waals surface area contributed by atoms with E-state index in [9.17, 15) is 9.90 Å². The Bertz CT molecular complexity index is 1130. The van der Waals surface area contributed by atoms with Gasteiger partial charge in [-0.3, -0.25) is 4.79 Å². The zero-order valence-electron chi connectivity index (χ0n) is 24.1. The highest BCUT2D eigenvalue weighted by Crippen LogP contribution is 2.68. The fourth-order valence-corrected chi connectivity index (χ4v) is 8.40. The highest BCUT2D eigenvalue weighted by molar-refractivity contribution is 5.91. The van der Waals surface area contributed by atoms with Crippen LogP contribution in [-0.4, -0.2) is 29.6 Å². The van der Waals surface area contributed by atoms with Gasteiger partial charge in [-0.15, -0.1) is 0 Å². The van der Waals surface area contributed by atoms with E-state index in [0.29, 0.717) is 47.8 Å². The van der Waals surface area contributed by atoms with Gasteiger partial charge in [0.25, 0.3) is 0 Å². The van der Waals surface area contributed by atoms with Crippen LogP contribution in [0.1, 0.15) is 98.0 Å². The van der Waals surface area contributed by atoms with Crippen LogP contribution >= 0.6 is 0 Å². The van der Waals surface area contributed by atoms with Crippen molar-refractivity contribution in [2.75, 3.05) is 11.9 Å². The minimum atomic E-state index is -0.940. The molecule has 4 aliphatic rings. The Labute approximate surface area is 225 Å². The molecule has 0 aromatic heterocycles. The van der Waals surface area contributed by atoms with Gasteiger partial charge < -0.3 is 10.0 Å².